The number of benzene rings is 1. The first-order valence-electron chi connectivity index (χ1n) is 6.09. The van der Waals surface area contributed by atoms with Crippen molar-refractivity contribution in [1.29, 1.82) is 0 Å². The fraction of sp³-hybridized carbons (Fsp3) is 0.462. The number of fused-ring (bicyclic) bond motifs is 1. The SMILES string of the molecule is CN(C)C(c1ccc2oc(=O)n(C)c2c1)C(O)CN. The molecule has 2 aromatic rings. The Hall–Kier alpha value is -1.63. The van der Waals surface area contributed by atoms with Gasteiger partial charge in [0.05, 0.1) is 17.7 Å². The van der Waals surface area contributed by atoms with E-state index in [2.05, 4.69) is 0 Å². The number of aliphatic hydroxyl groups excluding tert-OH is 1. The number of rotatable bonds is 4. The van der Waals surface area contributed by atoms with Gasteiger partial charge < -0.3 is 20.2 Å². The minimum absolute atomic E-state index is 0.172. The van der Waals surface area contributed by atoms with Gasteiger partial charge in [-0.05, 0) is 31.8 Å². The molecule has 104 valence electrons. The summed E-state index contributed by atoms with van der Waals surface area (Å²) in [6.07, 6.45) is -0.670. The van der Waals surface area contributed by atoms with Crippen molar-refractivity contribution in [3.8, 4) is 0 Å². The molecular formula is C13H19N3O3. The van der Waals surface area contributed by atoms with Crippen LogP contribution in [-0.2, 0) is 7.05 Å². The molecule has 2 unspecified atom stereocenters. The zero-order valence-electron chi connectivity index (χ0n) is 11.3. The van der Waals surface area contributed by atoms with E-state index in [9.17, 15) is 9.90 Å². The number of hydrogen-bond donors (Lipinski definition) is 2. The lowest BCUT2D eigenvalue weighted by Crippen LogP contribution is -2.36. The highest BCUT2D eigenvalue weighted by Gasteiger charge is 2.23. The molecule has 1 aromatic heterocycles. The van der Waals surface area contributed by atoms with E-state index in [0.717, 1.165) is 5.56 Å². The van der Waals surface area contributed by atoms with Crippen LogP contribution in [0, 0.1) is 0 Å². The smallest absolute Gasteiger partial charge is 0.408 e. The van der Waals surface area contributed by atoms with Crippen LogP contribution in [0.5, 0.6) is 0 Å². The van der Waals surface area contributed by atoms with Crippen LogP contribution in [0.3, 0.4) is 0 Å². The van der Waals surface area contributed by atoms with E-state index < -0.39 is 11.9 Å². The van der Waals surface area contributed by atoms with Gasteiger partial charge in [0.25, 0.3) is 0 Å². The highest BCUT2D eigenvalue weighted by Crippen LogP contribution is 2.25. The molecule has 6 nitrogen and oxygen atoms in total. The van der Waals surface area contributed by atoms with Gasteiger partial charge in [-0.3, -0.25) is 4.57 Å². The normalized spacial score (nSPS) is 15.1. The van der Waals surface area contributed by atoms with E-state index in [1.807, 2.05) is 31.1 Å². The maximum absolute atomic E-state index is 11.5. The molecule has 19 heavy (non-hydrogen) atoms. The molecule has 0 radical (unpaired) electrons. The summed E-state index contributed by atoms with van der Waals surface area (Å²) >= 11 is 0. The molecule has 0 amide bonds. The van der Waals surface area contributed by atoms with Crippen LogP contribution in [0.1, 0.15) is 11.6 Å². The Kier molecular flexibility index (Phi) is 3.75. The molecule has 0 spiro atoms. The van der Waals surface area contributed by atoms with Crippen LogP contribution in [0.15, 0.2) is 27.4 Å². The molecule has 0 saturated heterocycles. The number of aryl methyl sites for hydroxylation is 1. The summed E-state index contributed by atoms with van der Waals surface area (Å²) < 4.78 is 6.53. The van der Waals surface area contributed by atoms with E-state index in [4.69, 9.17) is 10.2 Å². The molecule has 6 heteroatoms. The quantitative estimate of drug-likeness (QED) is 0.816. The topological polar surface area (TPSA) is 84.6 Å². The number of aromatic nitrogens is 1. The summed E-state index contributed by atoms with van der Waals surface area (Å²) in [5.74, 6) is -0.395. The van der Waals surface area contributed by atoms with E-state index in [-0.39, 0.29) is 12.6 Å². The zero-order chi connectivity index (χ0) is 14.2. The van der Waals surface area contributed by atoms with E-state index in [0.29, 0.717) is 11.1 Å². The molecule has 0 aliphatic rings. The van der Waals surface area contributed by atoms with Crippen molar-refractivity contribution in [3.63, 3.8) is 0 Å². The first-order chi connectivity index (χ1) is 8.95. The minimum Gasteiger partial charge on any atom is -0.408 e. The molecule has 0 aliphatic carbocycles. The predicted molar refractivity (Wildman–Crippen MR) is 72.9 cm³/mol. The highest BCUT2D eigenvalue weighted by molar-refractivity contribution is 5.73. The second kappa shape index (κ2) is 5.16. The number of nitrogens with two attached hydrogens (primary N) is 1. The van der Waals surface area contributed by atoms with Gasteiger partial charge in [0, 0.05) is 13.6 Å². The molecule has 0 fully saturated rings. The molecule has 2 rings (SSSR count). The Morgan fingerprint density at radius 3 is 2.74 bits per heavy atom. The van der Waals surface area contributed by atoms with Crippen LogP contribution in [0.4, 0.5) is 0 Å². The lowest BCUT2D eigenvalue weighted by Gasteiger charge is -2.28. The standard InChI is InChI=1S/C13H19N3O3/c1-15(2)12(10(17)7-14)8-4-5-11-9(6-8)16(3)13(18)19-11/h4-6,10,12,17H,7,14H2,1-3H3. The van der Waals surface area contributed by atoms with Crippen molar-refractivity contribution < 1.29 is 9.52 Å². The van der Waals surface area contributed by atoms with Gasteiger partial charge in [-0.1, -0.05) is 6.07 Å². The van der Waals surface area contributed by atoms with Gasteiger partial charge in [-0.15, -0.1) is 0 Å². The Labute approximate surface area is 111 Å². The van der Waals surface area contributed by atoms with E-state index in [1.54, 1.807) is 13.1 Å². The monoisotopic (exact) mass is 265 g/mol. The molecule has 1 aromatic carbocycles. The van der Waals surface area contributed by atoms with Crippen LogP contribution >= 0.6 is 0 Å². The van der Waals surface area contributed by atoms with Crippen molar-refractivity contribution in [2.45, 2.75) is 12.1 Å². The molecule has 0 bridgehead atoms. The second-order valence-electron chi connectivity index (χ2n) is 4.87. The van der Waals surface area contributed by atoms with Crippen LogP contribution in [0.2, 0.25) is 0 Å². The maximum Gasteiger partial charge on any atom is 0.419 e. The molecule has 0 saturated carbocycles. The number of likely N-dealkylation sites (N-methyl/N-ethyl adjacent to an activating group) is 1. The molecule has 0 aliphatic heterocycles. The average molecular weight is 265 g/mol. The Morgan fingerprint density at radius 1 is 1.47 bits per heavy atom. The molecule has 2 atom stereocenters. The summed E-state index contributed by atoms with van der Waals surface area (Å²) in [5, 5.41) is 10.0. The largest absolute Gasteiger partial charge is 0.419 e. The molecular weight excluding hydrogens is 246 g/mol. The first kappa shape index (κ1) is 13.8. The van der Waals surface area contributed by atoms with E-state index in [1.165, 1.54) is 4.57 Å². The predicted octanol–water partition coefficient (Wildman–Crippen LogP) is 0.0538. The third-order valence-electron chi connectivity index (χ3n) is 3.32. The zero-order valence-corrected chi connectivity index (χ0v) is 11.3. The van der Waals surface area contributed by atoms with Gasteiger partial charge in [-0.25, -0.2) is 4.79 Å². The van der Waals surface area contributed by atoms with Gasteiger partial charge >= 0.3 is 5.76 Å². The third kappa shape index (κ3) is 2.42. The maximum atomic E-state index is 11.5. The summed E-state index contributed by atoms with van der Waals surface area (Å²) in [7, 11) is 5.41. The van der Waals surface area contributed by atoms with Crippen molar-refractivity contribution >= 4 is 11.1 Å². The lowest BCUT2D eigenvalue weighted by atomic mass is 10.00. The Balaban J connectivity index is 2.54. The van der Waals surface area contributed by atoms with Gasteiger partial charge in [-0.2, -0.15) is 0 Å². The summed E-state index contributed by atoms with van der Waals surface area (Å²) in [6, 6.07) is 5.21. The lowest BCUT2D eigenvalue weighted by molar-refractivity contribution is 0.0824. The Bertz CT molecular complexity index is 630. The van der Waals surface area contributed by atoms with Crippen molar-refractivity contribution in [2.75, 3.05) is 20.6 Å². The average Bonchev–Trinajstić information content (AvgIpc) is 2.65. The van der Waals surface area contributed by atoms with E-state index >= 15 is 0 Å². The van der Waals surface area contributed by atoms with Gasteiger partial charge in [0.1, 0.15) is 0 Å². The van der Waals surface area contributed by atoms with Crippen molar-refractivity contribution in [2.24, 2.45) is 12.8 Å². The fourth-order valence-electron chi connectivity index (χ4n) is 2.32. The fourth-order valence-corrected chi connectivity index (χ4v) is 2.32. The van der Waals surface area contributed by atoms with Crippen LogP contribution < -0.4 is 11.5 Å². The summed E-state index contributed by atoms with van der Waals surface area (Å²) in [4.78, 5) is 13.4. The van der Waals surface area contributed by atoms with Crippen molar-refractivity contribution in [1.82, 2.24) is 9.47 Å². The summed E-state index contributed by atoms with van der Waals surface area (Å²) in [6.45, 7) is 0.172. The number of nitrogens with zero attached hydrogens (tertiary/aromatic N) is 2. The highest BCUT2D eigenvalue weighted by atomic mass is 16.4. The molecule has 1 heterocycles. The number of aliphatic hydroxyl groups is 1. The third-order valence-corrected chi connectivity index (χ3v) is 3.32. The molecule has 3 N–H and O–H groups in total. The van der Waals surface area contributed by atoms with Crippen LogP contribution in [0.25, 0.3) is 11.1 Å². The minimum atomic E-state index is -0.670. The van der Waals surface area contributed by atoms with Gasteiger partial charge in [0.2, 0.25) is 0 Å². The first-order valence-corrected chi connectivity index (χ1v) is 6.09. The number of hydrogen-bond acceptors (Lipinski definition) is 5. The summed E-state index contributed by atoms with van der Waals surface area (Å²) in [5.41, 5.74) is 7.68. The van der Waals surface area contributed by atoms with Crippen LogP contribution in [-0.4, -0.2) is 41.3 Å². The van der Waals surface area contributed by atoms with Gasteiger partial charge in [0.15, 0.2) is 5.58 Å². The second-order valence-corrected chi connectivity index (χ2v) is 4.87. The van der Waals surface area contributed by atoms with Crippen molar-refractivity contribution in [3.05, 3.63) is 34.3 Å². The number of oxazole rings is 1. The Morgan fingerprint density at radius 2 is 2.16 bits per heavy atom.